The molecule has 0 saturated heterocycles. The van der Waals surface area contributed by atoms with Gasteiger partial charge in [-0.25, -0.2) is 4.98 Å². The lowest BCUT2D eigenvalue weighted by Gasteiger charge is -2.21. The average molecular weight is 448 g/mol. The number of thioether (sulfide) groups is 1. The Morgan fingerprint density at radius 3 is 2.59 bits per heavy atom. The highest BCUT2D eigenvalue weighted by Gasteiger charge is 2.20. The fraction of sp³-hybridized carbons (Fsp3) is 0.364. The van der Waals surface area contributed by atoms with Gasteiger partial charge in [0.1, 0.15) is 5.52 Å². The van der Waals surface area contributed by atoms with E-state index < -0.39 is 0 Å². The van der Waals surface area contributed by atoms with Crippen molar-refractivity contribution in [2.24, 2.45) is 0 Å². The third-order valence-corrected chi connectivity index (χ3v) is 6.85. The van der Waals surface area contributed by atoms with E-state index in [9.17, 15) is 4.79 Å². The molecule has 4 nitrogen and oxygen atoms in total. The Bertz CT molecular complexity index is 956. The normalized spacial score (nSPS) is 11.3. The van der Waals surface area contributed by atoms with Crippen LogP contribution in [0.15, 0.2) is 47.4 Å². The van der Waals surface area contributed by atoms with Crippen LogP contribution >= 0.6 is 34.7 Å². The van der Waals surface area contributed by atoms with E-state index >= 15 is 0 Å². The second-order valence-corrected chi connectivity index (χ2v) is 9.78. The van der Waals surface area contributed by atoms with Crippen LogP contribution in [0.1, 0.15) is 18.4 Å². The molecule has 3 rings (SSSR count). The zero-order valence-corrected chi connectivity index (χ0v) is 19.4. The van der Waals surface area contributed by atoms with E-state index in [-0.39, 0.29) is 5.91 Å². The van der Waals surface area contributed by atoms with Gasteiger partial charge in [-0.05, 0) is 58.3 Å². The largest absolute Gasteiger partial charge is 0.309 e. The minimum atomic E-state index is 0.110. The van der Waals surface area contributed by atoms with E-state index in [0.29, 0.717) is 18.0 Å². The molecule has 1 heterocycles. The van der Waals surface area contributed by atoms with Crippen LogP contribution in [0.3, 0.4) is 0 Å². The van der Waals surface area contributed by atoms with Crippen LogP contribution < -0.4 is 4.90 Å². The molecular formula is C22H26ClN3OS2. The second kappa shape index (κ2) is 10.4. The van der Waals surface area contributed by atoms with Crippen LogP contribution in [0, 0.1) is 6.92 Å². The van der Waals surface area contributed by atoms with Crippen molar-refractivity contribution in [3.63, 3.8) is 0 Å². The van der Waals surface area contributed by atoms with Crippen LogP contribution in [0.4, 0.5) is 5.13 Å². The molecule has 0 saturated carbocycles. The van der Waals surface area contributed by atoms with Gasteiger partial charge in [0.15, 0.2) is 5.13 Å². The molecule has 2 aromatic carbocycles. The molecule has 0 N–H and O–H groups in total. The number of nitrogens with zero attached hydrogens (tertiary/aromatic N) is 3. The number of fused-ring (bicyclic) bond motifs is 1. The lowest BCUT2D eigenvalue weighted by atomic mass is 10.2. The zero-order chi connectivity index (χ0) is 20.8. The molecule has 7 heteroatoms. The molecule has 3 aromatic rings. The van der Waals surface area contributed by atoms with Crippen molar-refractivity contribution in [3.8, 4) is 0 Å². The molecule has 29 heavy (non-hydrogen) atoms. The second-order valence-electron chi connectivity index (χ2n) is 7.20. The van der Waals surface area contributed by atoms with Gasteiger partial charge in [0.05, 0.1) is 9.72 Å². The predicted molar refractivity (Wildman–Crippen MR) is 127 cm³/mol. The minimum Gasteiger partial charge on any atom is -0.309 e. The van der Waals surface area contributed by atoms with E-state index in [4.69, 9.17) is 11.6 Å². The molecule has 0 atom stereocenters. The van der Waals surface area contributed by atoms with Gasteiger partial charge >= 0.3 is 0 Å². The first-order valence-corrected chi connectivity index (χ1v) is 11.8. The maximum Gasteiger partial charge on any atom is 0.229 e. The third kappa shape index (κ3) is 6.19. The summed E-state index contributed by atoms with van der Waals surface area (Å²) < 4.78 is 1.01. The summed E-state index contributed by atoms with van der Waals surface area (Å²) in [7, 11) is 4.09. The Morgan fingerprint density at radius 1 is 1.14 bits per heavy atom. The number of thiazole rings is 1. The van der Waals surface area contributed by atoms with Crippen molar-refractivity contribution >= 4 is 56.0 Å². The number of carbonyl (C=O) groups excluding carboxylic acids is 1. The molecule has 1 amide bonds. The Hall–Kier alpha value is -1.60. The summed E-state index contributed by atoms with van der Waals surface area (Å²) in [4.78, 5) is 22.9. The number of aryl methyl sites for hydroxylation is 1. The van der Waals surface area contributed by atoms with E-state index in [2.05, 4.69) is 41.1 Å². The van der Waals surface area contributed by atoms with Crippen molar-refractivity contribution in [1.82, 2.24) is 9.88 Å². The Balaban J connectivity index is 1.70. The van der Waals surface area contributed by atoms with E-state index in [1.807, 2.05) is 37.2 Å². The highest BCUT2D eigenvalue weighted by Crippen LogP contribution is 2.33. The summed E-state index contributed by atoms with van der Waals surface area (Å²) in [6, 6.07) is 14.2. The van der Waals surface area contributed by atoms with Crippen LogP contribution in [-0.2, 0) is 4.79 Å². The highest BCUT2D eigenvalue weighted by molar-refractivity contribution is 7.99. The molecule has 0 aliphatic carbocycles. The Labute approximate surface area is 185 Å². The Morgan fingerprint density at radius 2 is 1.90 bits per heavy atom. The van der Waals surface area contributed by atoms with Gasteiger partial charge in [0, 0.05) is 23.6 Å². The van der Waals surface area contributed by atoms with E-state index in [0.717, 1.165) is 34.1 Å². The van der Waals surface area contributed by atoms with Gasteiger partial charge in [-0.15, -0.1) is 11.8 Å². The summed E-state index contributed by atoms with van der Waals surface area (Å²) in [5.41, 5.74) is 2.01. The molecule has 0 bridgehead atoms. The van der Waals surface area contributed by atoms with Crippen molar-refractivity contribution in [1.29, 1.82) is 0 Å². The van der Waals surface area contributed by atoms with E-state index in [1.165, 1.54) is 21.8 Å². The van der Waals surface area contributed by atoms with Crippen molar-refractivity contribution < 1.29 is 4.79 Å². The van der Waals surface area contributed by atoms with Gasteiger partial charge < -0.3 is 4.90 Å². The maximum absolute atomic E-state index is 13.1. The van der Waals surface area contributed by atoms with E-state index in [1.54, 1.807) is 11.8 Å². The lowest BCUT2D eigenvalue weighted by Crippen LogP contribution is -2.33. The number of aromatic nitrogens is 1. The average Bonchev–Trinajstić information content (AvgIpc) is 3.12. The Kier molecular flexibility index (Phi) is 7.95. The number of benzene rings is 2. The monoisotopic (exact) mass is 447 g/mol. The maximum atomic E-state index is 13.1. The molecule has 1 aromatic heterocycles. The smallest absolute Gasteiger partial charge is 0.229 e. The summed E-state index contributed by atoms with van der Waals surface area (Å²) in [5.74, 6) is 0.858. The fourth-order valence-corrected chi connectivity index (χ4v) is 5.07. The van der Waals surface area contributed by atoms with Gasteiger partial charge in [0.25, 0.3) is 0 Å². The van der Waals surface area contributed by atoms with Gasteiger partial charge in [-0.1, -0.05) is 46.7 Å². The van der Waals surface area contributed by atoms with Gasteiger partial charge in [-0.2, -0.15) is 0 Å². The summed E-state index contributed by atoms with van der Waals surface area (Å²) in [5, 5.41) is 1.36. The molecule has 0 radical (unpaired) electrons. The van der Waals surface area contributed by atoms with Crippen LogP contribution in [-0.4, -0.2) is 48.7 Å². The number of hydrogen-bond acceptors (Lipinski definition) is 5. The number of carbonyl (C=O) groups is 1. The fourth-order valence-electron chi connectivity index (χ4n) is 2.92. The third-order valence-electron chi connectivity index (χ3n) is 4.48. The first kappa shape index (κ1) is 22.1. The van der Waals surface area contributed by atoms with Crippen molar-refractivity contribution in [2.45, 2.75) is 24.7 Å². The number of hydrogen-bond donors (Lipinski definition) is 0. The standard InChI is InChI=1S/C22H26ClN3OS2/c1-16-8-10-17(11-9-16)28-15-12-20(27)26(14-5-13-25(2)3)22-24-21-18(23)6-4-7-19(21)29-22/h4,6-11H,5,12-15H2,1-3H3. The summed E-state index contributed by atoms with van der Waals surface area (Å²) >= 11 is 9.53. The SMILES string of the molecule is Cc1ccc(SCCC(=O)N(CCCN(C)C)c2nc3c(Cl)cccc3s2)cc1. The number of rotatable bonds is 9. The van der Waals surface area contributed by atoms with Gasteiger partial charge in [-0.3, -0.25) is 9.69 Å². The van der Waals surface area contributed by atoms with Crippen LogP contribution in [0.5, 0.6) is 0 Å². The lowest BCUT2D eigenvalue weighted by molar-refractivity contribution is -0.118. The molecule has 154 valence electrons. The quantitative estimate of drug-likeness (QED) is 0.393. The van der Waals surface area contributed by atoms with Crippen LogP contribution in [0.2, 0.25) is 5.02 Å². The molecule has 0 fully saturated rings. The summed E-state index contributed by atoms with van der Waals surface area (Å²) in [6.07, 6.45) is 1.37. The topological polar surface area (TPSA) is 36.4 Å². The van der Waals surface area contributed by atoms with Crippen molar-refractivity contribution in [2.75, 3.05) is 37.8 Å². The van der Waals surface area contributed by atoms with Crippen LogP contribution in [0.25, 0.3) is 10.2 Å². The number of halogens is 1. The highest BCUT2D eigenvalue weighted by atomic mass is 35.5. The zero-order valence-electron chi connectivity index (χ0n) is 17.0. The summed E-state index contributed by atoms with van der Waals surface area (Å²) in [6.45, 7) is 3.66. The molecular weight excluding hydrogens is 422 g/mol. The molecule has 0 aliphatic rings. The minimum absolute atomic E-state index is 0.110. The first-order valence-electron chi connectivity index (χ1n) is 9.63. The first-order chi connectivity index (χ1) is 13.9. The molecule has 0 aliphatic heterocycles. The number of para-hydroxylation sites is 1. The molecule has 0 spiro atoms. The van der Waals surface area contributed by atoms with Crippen molar-refractivity contribution in [3.05, 3.63) is 53.1 Å². The number of anilines is 1. The number of amides is 1. The molecule has 0 unspecified atom stereocenters. The van der Waals surface area contributed by atoms with Gasteiger partial charge in [0.2, 0.25) is 5.91 Å². The predicted octanol–water partition coefficient (Wildman–Crippen LogP) is 5.73.